The van der Waals surface area contributed by atoms with Gasteiger partial charge in [0.25, 0.3) is 11.8 Å². The SMILES string of the molecule is CC(C)C[C@@H](NC(=O)[C@H](C)Oc1ccc(Cl)cc1Cl)C(=O)N/N=C\c1cccc(Br)c1. The molecule has 0 saturated heterocycles. The Bertz CT molecular complexity index is 953. The number of nitrogens with one attached hydrogen (secondary N) is 2. The fraction of sp³-hybridized carbons (Fsp3) is 0.318. The van der Waals surface area contributed by atoms with Crippen LogP contribution in [0.2, 0.25) is 10.0 Å². The van der Waals surface area contributed by atoms with Gasteiger partial charge < -0.3 is 10.1 Å². The molecule has 0 aliphatic heterocycles. The molecule has 9 heteroatoms. The summed E-state index contributed by atoms with van der Waals surface area (Å²) in [4.78, 5) is 25.2. The van der Waals surface area contributed by atoms with Crippen LogP contribution in [0.15, 0.2) is 52.0 Å². The molecule has 0 spiro atoms. The lowest BCUT2D eigenvalue weighted by molar-refractivity contribution is -0.132. The Morgan fingerprint density at radius 3 is 2.52 bits per heavy atom. The summed E-state index contributed by atoms with van der Waals surface area (Å²) in [6.45, 7) is 5.51. The van der Waals surface area contributed by atoms with E-state index < -0.39 is 24.0 Å². The average molecular weight is 529 g/mol. The molecule has 2 aromatic carbocycles. The predicted octanol–water partition coefficient (Wildman–Crippen LogP) is 5.20. The second-order valence-corrected chi connectivity index (χ2v) is 9.07. The Morgan fingerprint density at radius 2 is 1.87 bits per heavy atom. The number of carbonyl (C=O) groups excluding carboxylic acids is 2. The van der Waals surface area contributed by atoms with Crippen molar-refractivity contribution in [2.75, 3.05) is 0 Å². The predicted molar refractivity (Wildman–Crippen MR) is 128 cm³/mol. The summed E-state index contributed by atoms with van der Waals surface area (Å²) in [5, 5.41) is 7.48. The Morgan fingerprint density at radius 1 is 1.13 bits per heavy atom. The Balaban J connectivity index is 2.00. The fourth-order valence-corrected chi connectivity index (χ4v) is 3.51. The highest BCUT2D eigenvalue weighted by molar-refractivity contribution is 9.10. The van der Waals surface area contributed by atoms with Gasteiger partial charge in [0.05, 0.1) is 11.2 Å². The van der Waals surface area contributed by atoms with Gasteiger partial charge in [-0.1, -0.05) is 65.1 Å². The topological polar surface area (TPSA) is 79.8 Å². The molecule has 166 valence electrons. The molecule has 0 bridgehead atoms. The second-order valence-electron chi connectivity index (χ2n) is 7.31. The van der Waals surface area contributed by atoms with E-state index in [9.17, 15) is 9.59 Å². The van der Waals surface area contributed by atoms with Crippen LogP contribution in [-0.2, 0) is 9.59 Å². The summed E-state index contributed by atoms with van der Waals surface area (Å²) in [7, 11) is 0. The monoisotopic (exact) mass is 527 g/mol. The number of hydrogen-bond acceptors (Lipinski definition) is 4. The van der Waals surface area contributed by atoms with Crippen LogP contribution in [0, 0.1) is 5.92 Å². The first kappa shape index (κ1) is 25.2. The number of amides is 2. The van der Waals surface area contributed by atoms with E-state index in [0.29, 0.717) is 22.2 Å². The van der Waals surface area contributed by atoms with Crippen LogP contribution in [0.3, 0.4) is 0 Å². The molecule has 0 unspecified atom stereocenters. The van der Waals surface area contributed by atoms with E-state index in [2.05, 4.69) is 31.8 Å². The summed E-state index contributed by atoms with van der Waals surface area (Å²) in [5.41, 5.74) is 3.31. The molecule has 0 aromatic heterocycles. The van der Waals surface area contributed by atoms with Crippen molar-refractivity contribution >= 4 is 57.2 Å². The Hall–Kier alpha value is -2.09. The third kappa shape index (κ3) is 8.51. The smallest absolute Gasteiger partial charge is 0.262 e. The van der Waals surface area contributed by atoms with Crippen molar-refractivity contribution in [2.24, 2.45) is 11.0 Å². The fourth-order valence-electron chi connectivity index (χ4n) is 2.64. The molecular weight excluding hydrogens is 505 g/mol. The summed E-state index contributed by atoms with van der Waals surface area (Å²) in [6.07, 6.45) is 1.11. The van der Waals surface area contributed by atoms with Crippen molar-refractivity contribution in [3.63, 3.8) is 0 Å². The number of carbonyl (C=O) groups is 2. The molecule has 0 aliphatic carbocycles. The van der Waals surface area contributed by atoms with Crippen LogP contribution >= 0.6 is 39.1 Å². The summed E-state index contributed by atoms with van der Waals surface area (Å²) in [6, 6.07) is 11.4. The number of rotatable bonds is 9. The molecule has 0 fully saturated rings. The maximum Gasteiger partial charge on any atom is 0.262 e. The molecule has 0 heterocycles. The highest BCUT2D eigenvalue weighted by Gasteiger charge is 2.25. The van der Waals surface area contributed by atoms with Crippen LogP contribution in [0.1, 0.15) is 32.8 Å². The lowest BCUT2D eigenvalue weighted by atomic mass is 10.0. The van der Waals surface area contributed by atoms with Gasteiger partial charge in [-0.15, -0.1) is 0 Å². The Kier molecular flexibility index (Phi) is 9.81. The third-order valence-electron chi connectivity index (χ3n) is 4.14. The molecule has 0 saturated carbocycles. The molecule has 31 heavy (non-hydrogen) atoms. The summed E-state index contributed by atoms with van der Waals surface area (Å²) >= 11 is 15.4. The van der Waals surface area contributed by atoms with Crippen molar-refractivity contribution in [1.82, 2.24) is 10.7 Å². The van der Waals surface area contributed by atoms with Gasteiger partial charge in [0.15, 0.2) is 6.10 Å². The van der Waals surface area contributed by atoms with E-state index in [1.807, 2.05) is 38.1 Å². The van der Waals surface area contributed by atoms with E-state index >= 15 is 0 Å². The number of hydrogen-bond donors (Lipinski definition) is 2. The van der Waals surface area contributed by atoms with E-state index in [1.54, 1.807) is 19.1 Å². The van der Waals surface area contributed by atoms with Crippen molar-refractivity contribution in [1.29, 1.82) is 0 Å². The summed E-state index contributed by atoms with van der Waals surface area (Å²) in [5.74, 6) is -0.350. The molecule has 2 rings (SSSR count). The van der Waals surface area contributed by atoms with Gasteiger partial charge in [-0.3, -0.25) is 9.59 Å². The molecule has 0 radical (unpaired) electrons. The van der Waals surface area contributed by atoms with Crippen molar-refractivity contribution in [3.8, 4) is 5.75 Å². The summed E-state index contributed by atoms with van der Waals surface area (Å²) < 4.78 is 6.53. The third-order valence-corrected chi connectivity index (χ3v) is 5.17. The lowest BCUT2D eigenvalue weighted by Crippen LogP contribution is -2.49. The van der Waals surface area contributed by atoms with Gasteiger partial charge in [0.2, 0.25) is 0 Å². The number of ether oxygens (including phenoxy) is 1. The highest BCUT2D eigenvalue weighted by atomic mass is 79.9. The van der Waals surface area contributed by atoms with Gasteiger partial charge in [-0.2, -0.15) is 5.10 Å². The van der Waals surface area contributed by atoms with Crippen LogP contribution in [0.5, 0.6) is 5.75 Å². The standard InChI is InChI=1S/C22H24BrCl2N3O3/c1-13(2)9-19(22(30)28-26-12-15-5-4-6-16(23)10-15)27-21(29)14(3)31-20-8-7-17(24)11-18(20)25/h4-8,10-14,19H,9H2,1-3H3,(H,27,29)(H,28,30)/b26-12-/t14-,19+/m0/s1. The normalized spacial score (nSPS) is 13.1. The second kappa shape index (κ2) is 12.1. The van der Waals surface area contributed by atoms with E-state index in [0.717, 1.165) is 10.0 Å². The highest BCUT2D eigenvalue weighted by Crippen LogP contribution is 2.28. The maximum atomic E-state index is 12.6. The van der Waals surface area contributed by atoms with Crippen LogP contribution in [0.25, 0.3) is 0 Å². The number of nitrogens with zero attached hydrogens (tertiary/aromatic N) is 1. The lowest BCUT2D eigenvalue weighted by Gasteiger charge is -2.22. The Labute approximate surface area is 200 Å². The zero-order valence-corrected chi connectivity index (χ0v) is 20.5. The van der Waals surface area contributed by atoms with Crippen LogP contribution < -0.4 is 15.5 Å². The van der Waals surface area contributed by atoms with Crippen molar-refractivity contribution < 1.29 is 14.3 Å². The van der Waals surface area contributed by atoms with E-state index in [4.69, 9.17) is 27.9 Å². The zero-order chi connectivity index (χ0) is 23.0. The first-order valence-electron chi connectivity index (χ1n) is 9.66. The van der Waals surface area contributed by atoms with Crippen LogP contribution in [0.4, 0.5) is 0 Å². The van der Waals surface area contributed by atoms with Gasteiger partial charge in [0, 0.05) is 9.50 Å². The molecule has 2 amide bonds. The van der Waals surface area contributed by atoms with Gasteiger partial charge in [-0.25, -0.2) is 5.43 Å². The van der Waals surface area contributed by atoms with Gasteiger partial charge >= 0.3 is 0 Å². The molecule has 0 aliphatic rings. The molecule has 6 nitrogen and oxygen atoms in total. The molecule has 2 aromatic rings. The quantitative estimate of drug-likeness (QED) is 0.346. The molecular formula is C22H24BrCl2N3O3. The maximum absolute atomic E-state index is 12.6. The minimum absolute atomic E-state index is 0.173. The van der Waals surface area contributed by atoms with E-state index in [1.165, 1.54) is 12.3 Å². The average Bonchev–Trinajstić information content (AvgIpc) is 2.69. The molecule has 2 N–H and O–H groups in total. The first-order valence-corrected chi connectivity index (χ1v) is 11.2. The van der Waals surface area contributed by atoms with E-state index in [-0.39, 0.29) is 5.92 Å². The van der Waals surface area contributed by atoms with Gasteiger partial charge in [0.1, 0.15) is 11.8 Å². The van der Waals surface area contributed by atoms with Gasteiger partial charge in [-0.05, 0) is 55.2 Å². The van der Waals surface area contributed by atoms with Crippen molar-refractivity contribution in [3.05, 3.63) is 62.5 Å². The largest absolute Gasteiger partial charge is 0.479 e. The van der Waals surface area contributed by atoms with Crippen molar-refractivity contribution in [2.45, 2.75) is 39.3 Å². The number of hydrazone groups is 1. The first-order chi connectivity index (χ1) is 14.7. The minimum atomic E-state index is -0.869. The zero-order valence-electron chi connectivity index (χ0n) is 17.4. The number of halogens is 3. The number of benzene rings is 2. The van der Waals surface area contributed by atoms with Crippen LogP contribution in [-0.4, -0.2) is 30.2 Å². The minimum Gasteiger partial charge on any atom is -0.479 e. The molecule has 2 atom stereocenters.